The number of hydrogen-bond donors (Lipinski definition) is 1. The summed E-state index contributed by atoms with van der Waals surface area (Å²) in [6, 6.07) is 0.554. The molecule has 2 atom stereocenters. The Morgan fingerprint density at radius 3 is 2.79 bits per heavy atom. The summed E-state index contributed by atoms with van der Waals surface area (Å²) in [4.78, 5) is 0. The Labute approximate surface area is 129 Å². The highest BCUT2D eigenvalue weighted by Gasteiger charge is 2.24. The maximum absolute atomic E-state index is 6.08. The first-order valence-corrected chi connectivity index (χ1v) is 8.49. The van der Waals surface area contributed by atoms with Crippen LogP contribution in [0.5, 0.6) is 0 Å². The summed E-state index contributed by atoms with van der Waals surface area (Å²) < 4.78 is 3.14. The van der Waals surface area contributed by atoms with E-state index in [1.807, 2.05) is 11.7 Å². The van der Waals surface area contributed by atoms with Crippen molar-refractivity contribution in [1.82, 2.24) is 15.1 Å². The maximum Gasteiger partial charge on any atom is 0.0767 e. The summed E-state index contributed by atoms with van der Waals surface area (Å²) in [6.07, 6.45) is 6.10. The van der Waals surface area contributed by atoms with Crippen LogP contribution in [0.25, 0.3) is 0 Å². The first-order valence-electron chi connectivity index (χ1n) is 7.17. The van der Waals surface area contributed by atoms with Gasteiger partial charge in [-0.1, -0.05) is 19.8 Å². The molecule has 3 nitrogen and oxygen atoms in total. The highest BCUT2D eigenvalue weighted by molar-refractivity contribution is 9.10. The number of aromatic nitrogens is 2. The number of nitrogens with zero attached hydrogens (tertiary/aromatic N) is 2. The third-order valence-electron chi connectivity index (χ3n) is 4.14. The average molecular weight is 349 g/mol. The number of nitrogens with one attached hydrogen (secondary N) is 1. The molecule has 19 heavy (non-hydrogen) atoms. The highest BCUT2D eigenvalue weighted by Crippen LogP contribution is 2.27. The molecular formula is C14H23BrClN3. The molecular weight excluding hydrogens is 326 g/mol. The fourth-order valence-corrected chi connectivity index (χ4v) is 4.03. The molecule has 2 unspecified atom stereocenters. The van der Waals surface area contributed by atoms with E-state index < -0.39 is 0 Å². The summed E-state index contributed by atoms with van der Waals surface area (Å²) in [7, 11) is 2.01. The van der Waals surface area contributed by atoms with Gasteiger partial charge in [0.1, 0.15) is 0 Å². The highest BCUT2D eigenvalue weighted by atomic mass is 79.9. The largest absolute Gasteiger partial charge is 0.308 e. The first kappa shape index (κ1) is 15.3. The van der Waals surface area contributed by atoms with Crippen molar-refractivity contribution in [2.24, 2.45) is 13.0 Å². The lowest BCUT2D eigenvalue weighted by molar-refractivity contribution is 0.280. The number of alkyl halides is 1. The van der Waals surface area contributed by atoms with Gasteiger partial charge in [0.05, 0.1) is 15.9 Å². The van der Waals surface area contributed by atoms with Crippen LogP contribution in [0.3, 0.4) is 0 Å². The van der Waals surface area contributed by atoms with Gasteiger partial charge in [-0.3, -0.25) is 4.68 Å². The van der Waals surface area contributed by atoms with Crippen LogP contribution in [0.1, 0.15) is 44.0 Å². The van der Waals surface area contributed by atoms with E-state index in [2.05, 4.69) is 33.3 Å². The third-order valence-corrected chi connectivity index (χ3v) is 5.45. The van der Waals surface area contributed by atoms with Gasteiger partial charge in [0.15, 0.2) is 0 Å². The Hall–Kier alpha value is -0.0600. The van der Waals surface area contributed by atoms with Crippen LogP contribution in [0.4, 0.5) is 0 Å². The molecule has 1 aliphatic carbocycles. The monoisotopic (exact) mass is 347 g/mol. The van der Waals surface area contributed by atoms with Gasteiger partial charge in [-0.05, 0) is 41.1 Å². The minimum atomic E-state index is 0.554. The minimum absolute atomic E-state index is 0.554. The third kappa shape index (κ3) is 3.53. The molecule has 1 fully saturated rings. The summed E-state index contributed by atoms with van der Waals surface area (Å²) in [5, 5.41) is 8.22. The molecule has 0 aromatic carbocycles. The normalized spacial score (nSPS) is 23.8. The van der Waals surface area contributed by atoms with E-state index in [4.69, 9.17) is 11.6 Å². The summed E-state index contributed by atoms with van der Waals surface area (Å²) in [6.45, 7) is 3.00. The van der Waals surface area contributed by atoms with Gasteiger partial charge in [0, 0.05) is 25.5 Å². The molecule has 1 N–H and O–H groups in total. The lowest BCUT2D eigenvalue weighted by Crippen LogP contribution is -2.39. The van der Waals surface area contributed by atoms with Crippen LogP contribution >= 0.6 is 27.5 Å². The van der Waals surface area contributed by atoms with E-state index in [1.165, 1.54) is 31.4 Å². The second-order valence-electron chi connectivity index (χ2n) is 5.37. The van der Waals surface area contributed by atoms with Crippen LogP contribution in [0.15, 0.2) is 4.47 Å². The van der Waals surface area contributed by atoms with Crippen molar-refractivity contribution in [3.8, 4) is 0 Å². The van der Waals surface area contributed by atoms with Gasteiger partial charge in [-0.25, -0.2) is 0 Å². The van der Waals surface area contributed by atoms with Gasteiger partial charge in [-0.2, -0.15) is 5.10 Å². The van der Waals surface area contributed by atoms with Crippen molar-refractivity contribution < 1.29 is 0 Å². The quantitative estimate of drug-likeness (QED) is 0.823. The predicted octanol–water partition coefficient (Wildman–Crippen LogP) is 3.63. The van der Waals surface area contributed by atoms with E-state index >= 15 is 0 Å². The first-order chi connectivity index (χ1) is 9.17. The van der Waals surface area contributed by atoms with Crippen molar-refractivity contribution in [2.45, 2.75) is 51.6 Å². The summed E-state index contributed by atoms with van der Waals surface area (Å²) in [5.41, 5.74) is 2.37. The molecule has 1 aromatic heterocycles. The van der Waals surface area contributed by atoms with Crippen molar-refractivity contribution in [3.05, 3.63) is 15.9 Å². The van der Waals surface area contributed by atoms with E-state index in [0.29, 0.717) is 12.0 Å². The van der Waals surface area contributed by atoms with Gasteiger partial charge < -0.3 is 5.32 Å². The topological polar surface area (TPSA) is 29.9 Å². The zero-order valence-corrected chi connectivity index (χ0v) is 14.1. The lowest BCUT2D eigenvalue weighted by atomic mass is 9.86. The van der Waals surface area contributed by atoms with Gasteiger partial charge >= 0.3 is 0 Å². The maximum atomic E-state index is 6.08. The molecule has 0 aliphatic heterocycles. The number of hydrogen-bond acceptors (Lipinski definition) is 2. The molecule has 0 amide bonds. The fraction of sp³-hybridized carbons (Fsp3) is 0.786. The van der Waals surface area contributed by atoms with Crippen molar-refractivity contribution >= 4 is 27.5 Å². The van der Waals surface area contributed by atoms with E-state index in [0.717, 1.165) is 29.0 Å². The standard InChI is InChI=1S/C14H23BrClN3/c1-3-11-14(15)13(19(2)18-11)9-17-12-7-5-4-6-10(12)8-16/h10,12,17H,3-9H2,1-2H3. The SMILES string of the molecule is CCc1nn(C)c(CNC2CCCCC2CCl)c1Br. The van der Waals surface area contributed by atoms with Crippen molar-refractivity contribution in [1.29, 1.82) is 0 Å². The molecule has 0 radical (unpaired) electrons. The van der Waals surface area contributed by atoms with Crippen LogP contribution < -0.4 is 5.32 Å². The van der Waals surface area contributed by atoms with Crippen molar-refractivity contribution in [2.75, 3.05) is 5.88 Å². The molecule has 5 heteroatoms. The Morgan fingerprint density at radius 1 is 1.42 bits per heavy atom. The van der Waals surface area contributed by atoms with Crippen LogP contribution in [0.2, 0.25) is 0 Å². The number of rotatable bonds is 5. The Kier molecular flexibility index (Phi) is 5.72. The molecule has 0 spiro atoms. The lowest BCUT2D eigenvalue weighted by Gasteiger charge is -2.31. The zero-order valence-electron chi connectivity index (χ0n) is 11.8. The smallest absolute Gasteiger partial charge is 0.0767 e. The van der Waals surface area contributed by atoms with E-state index in [-0.39, 0.29) is 0 Å². The molecule has 1 aliphatic rings. The van der Waals surface area contributed by atoms with Gasteiger partial charge in [0.25, 0.3) is 0 Å². The Morgan fingerprint density at radius 2 is 2.16 bits per heavy atom. The number of halogens is 2. The number of aryl methyl sites for hydroxylation is 2. The van der Waals surface area contributed by atoms with Crippen LogP contribution in [-0.4, -0.2) is 21.7 Å². The van der Waals surface area contributed by atoms with E-state index in [9.17, 15) is 0 Å². The molecule has 2 rings (SSSR count). The van der Waals surface area contributed by atoms with Crippen molar-refractivity contribution in [3.63, 3.8) is 0 Å². The second kappa shape index (κ2) is 7.09. The minimum Gasteiger partial charge on any atom is -0.308 e. The molecule has 0 bridgehead atoms. The molecule has 1 aromatic rings. The summed E-state index contributed by atoms with van der Waals surface area (Å²) >= 11 is 9.75. The molecule has 1 saturated carbocycles. The zero-order chi connectivity index (χ0) is 13.8. The molecule has 0 saturated heterocycles. The fourth-order valence-electron chi connectivity index (χ4n) is 2.90. The summed E-state index contributed by atoms with van der Waals surface area (Å²) in [5.74, 6) is 1.39. The molecule has 1 heterocycles. The van der Waals surface area contributed by atoms with Crippen LogP contribution in [0, 0.1) is 5.92 Å². The van der Waals surface area contributed by atoms with Gasteiger partial charge in [-0.15, -0.1) is 11.6 Å². The molecule has 108 valence electrons. The Balaban J connectivity index is 1.99. The second-order valence-corrected chi connectivity index (χ2v) is 6.47. The van der Waals surface area contributed by atoms with E-state index in [1.54, 1.807) is 0 Å². The van der Waals surface area contributed by atoms with Crippen LogP contribution in [-0.2, 0) is 20.0 Å². The predicted molar refractivity (Wildman–Crippen MR) is 83.6 cm³/mol. The van der Waals surface area contributed by atoms with Gasteiger partial charge in [0.2, 0.25) is 0 Å². The Bertz CT molecular complexity index is 419. The average Bonchev–Trinajstić information content (AvgIpc) is 2.71.